The predicted molar refractivity (Wildman–Crippen MR) is 105 cm³/mol. The molecule has 142 valence electrons. The molecule has 0 bridgehead atoms. The number of aromatic nitrogens is 4. The molecule has 3 aromatic rings. The number of hydrogen-bond acceptors (Lipinski definition) is 6. The van der Waals surface area contributed by atoms with Gasteiger partial charge >= 0.3 is 0 Å². The number of nitrogens with zero attached hydrogens (tertiary/aromatic N) is 6. The first-order chi connectivity index (χ1) is 12.9. The lowest BCUT2D eigenvalue weighted by molar-refractivity contribution is 0.311. The molecule has 1 atom stereocenters. The molecule has 4 rings (SSSR count). The van der Waals surface area contributed by atoms with E-state index in [1.807, 2.05) is 46.8 Å². The third-order valence-electron chi connectivity index (χ3n) is 5.02. The Kier molecular flexibility index (Phi) is 4.56. The maximum Gasteiger partial charge on any atom is 0.227 e. The molecular formula is C18H22N6O2S. The van der Waals surface area contributed by atoms with Crippen LogP contribution in [0, 0.1) is 0 Å². The van der Waals surface area contributed by atoms with Gasteiger partial charge in [0.05, 0.1) is 17.3 Å². The van der Waals surface area contributed by atoms with Gasteiger partial charge in [-0.05, 0) is 31.0 Å². The highest BCUT2D eigenvalue weighted by atomic mass is 32.2. The molecule has 9 heteroatoms. The number of fused-ring (bicyclic) bond motifs is 1. The molecule has 27 heavy (non-hydrogen) atoms. The Morgan fingerprint density at radius 2 is 2.00 bits per heavy atom. The Hall–Kier alpha value is -2.52. The molecular weight excluding hydrogens is 364 g/mol. The van der Waals surface area contributed by atoms with E-state index in [0.717, 1.165) is 29.7 Å². The van der Waals surface area contributed by atoms with E-state index >= 15 is 0 Å². The van der Waals surface area contributed by atoms with Gasteiger partial charge in [-0.25, -0.2) is 22.7 Å². The van der Waals surface area contributed by atoms with Crippen molar-refractivity contribution in [2.24, 2.45) is 0 Å². The number of benzene rings is 1. The van der Waals surface area contributed by atoms with Gasteiger partial charge in [-0.3, -0.25) is 4.57 Å². The average Bonchev–Trinajstić information content (AvgIpc) is 3.11. The fourth-order valence-electron chi connectivity index (χ4n) is 3.49. The zero-order valence-corrected chi connectivity index (χ0v) is 16.2. The quantitative estimate of drug-likeness (QED) is 0.678. The van der Waals surface area contributed by atoms with Crippen LogP contribution in [0.5, 0.6) is 0 Å². The summed E-state index contributed by atoms with van der Waals surface area (Å²) in [6.45, 7) is 1.03. The summed E-state index contributed by atoms with van der Waals surface area (Å²) >= 11 is 0. The number of hydrogen-bond donors (Lipinski definition) is 0. The fraction of sp³-hybridized carbons (Fsp3) is 0.389. The normalized spacial score (nSPS) is 18.7. The number of para-hydroxylation sites is 2. The minimum atomic E-state index is -3.19. The topological polar surface area (TPSA) is 84.2 Å². The number of rotatable bonds is 4. The summed E-state index contributed by atoms with van der Waals surface area (Å²) in [5.41, 5.74) is 1.88. The monoisotopic (exact) mass is 386 g/mol. The smallest absolute Gasteiger partial charge is 0.227 e. The second-order valence-electron chi connectivity index (χ2n) is 6.85. The summed E-state index contributed by atoms with van der Waals surface area (Å²) in [6.07, 6.45) is 6.47. The lowest BCUT2D eigenvalue weighted by Crippen LogP contribution is -2.48. The van der Waals surface area contributed by atoms with E-state index in [0.29, 0.717) is 19.0 Å². The fourth-order valence-corrected chi connectivity index (χ4v) is 4.39. The second kappa shape index (κ2) is 6.90. The zero-order valence-electron chi connectivity index (χ0n) is 15.4. The minimum Gasteiger partial charge on any atom is -0.340 e. The highest BCUT2D eigenvalue weighted by Gasteiger charge is 2.29. The number of likely N-dealkylation sites (N-methyl/N-ethyl adjacent to an activating group) is 1. The van der Waals surface area contributed by atoms with Crippen molar-refractivity contribution in [3.63, 3.8) is 0 Å². The molecule has 2 aromatic heterocycles. The Morgan fingerprint density at radius 1 is 1.19 bits per heavy atom. The maximum absolute atomic E-state index is 11.9. The van der Waals surface area contributed by atoms with E-state index in [1.165, 1.54) is 10.6 Å². The van der Waals surface area contributed by atoms with Crippen LogP contribution in [0.25, 0.3) is 16.9 Å². The number of sulfonamides is 1. The lowest BCUT2D eigenvalue weighted by atomic mass is 10.1. The van der Waals surface area contributed by atoms with Crippen LogP contribution in [0.1, 0.15) is 12.8 Å². The standard InChI is InChI=1S/C18H22N6O2S/c1-22(14-6-5-11-23(12-14)27(2,25)26)18-19-10-9-17(21-18)24-13-20-15-7-3-4-8-16(15)24/h3-4,7-10,13-14H,5-6,11-12H2,1-2H3. The van der Waals surface area contributed by atoms with Crippen LogP contribution in [0.15, 0.2) is 42.9 Å². The van der Waals surface area contributed by atoms with Crippen molar-refractivity contribution in [2.45, 2.75) is 18.9 Å². The van der Waals surface area contributed by atoms with Gasteiger partial charge in [0, 0.05) is 32.4 Å². The highest BCUT2D eigenvalue weighted by molar-refractivity contribution is 7.88. The van der Waals surface area contributed by atoms with Gasteiger partial charge in [-0.1, -0.05) is 12.1 Å². The molecule has 1 fully saturated rings. The largest absolute Gasteiger partial charge is 0.340 e. The van der Waals surface area contributed by atoms with Gasteiger partial charge in [0.1, 0.15) is 12.1 Å². The minimum absolute atomic E-state index is 0.0447. The van der Waals surface area contributed by atoms with Gasteiger partial charge in [0.2, 0.25) is 16.0 Å². The van der Waals surface area contributed by atoms with E-state index in [-0.39, 0.29) is 6.04 Å². The summed E-state index contributed by atoms with van der Waals surface area (Å²) in [5.74, 6) is 1.31. The number of anilines is 1. The van der Waals surface area contributed by atoms with Crippen LogP contribution < -0.4 is 4.90 Å². The Morgan fingerprint density at radius 3 is 2.81 bits per heavy atom. The number of imidazole rings is 1. The van der Waals surface area contributed by atoms with Crippen molar-refractivity contribution in [1.29, 1.82) is 0 Å². The first kappa shape index (κ1) is 17.9. The molecule has 3 heterocycles. The molecule has 0 aliphatic carbocycles. The molecule has 1 saturated heterocycles. The van der Waals surface area contributed by atoms with E-state index in [9.17, 15) is 8.42 Å². The third-order valence-corrected chi connectivity index (χ3v) is 6.29. The van der Waals surface area contributed by atoms with Gasteiger partial charge < -0.3 is 4.90 Å². The van der Waals surface area contributed by atoms with Gasteiger partial charge in [-0.15, -0.1) is 0 Å². The molecule has 1 aromatic carbocycles. The molecule has 0 amide bonds. The van der Waals surface area contributed by atoms with Crippen LogP contribution in [-0.4, -0.2) is 64.7 Å². The summed E-state index contributed by atoms with van der Waals surface area (Å²) < 4.78 is 27.2. The molecule has 0 radical (unpaired) electrons. The highest BCUT2D eigenvalue weighted by Crippen LogP contribution is 2.22. The van der Waals surface area contributed by atoms with Crippen molar-refractivity contribution in [1.82, 2.24) is 23.8 Å². The van der Waals surface area contributed by atoms with Crippen molar-refractivity contribution in [3.8, 4) is 5.82 Å². The third kappa shape index (κ3) is 3.52. The lowest BCUT2D eigenvalue weighted by Gasteiger charge is -2.36. The van der Waals surface area contributed by atoms with Crippen molar-refractivity contribution < 1.29 is 8.42 Å². The summed E-state index contributed by atoms with van der Waals surface area (Å²) in [5, 5.41) is 0. The Bertz CT molecular complexity index is 1060. The molecule has 8 nitrogen and oxygen atoms in total. The molecule has 1 unspecified atom stereocenters. The summed E-state index contributed by atoms with van der Waals surface area (Å²) in [6, 6.07) is 9.77. The molecule has 0 spiro atoms. The van der Waals surface area contributed by atoms with Crippen molar-refractivity contribution in [2.75, 3.05) is 31.3 Å². The van der Waals surface area contributed by atoms with E-state index in [2.05, 4.69) is 9.97 Å². The van der Waals surface area contributed by atoms with E-state index < -0.39 is 10.0 Å². The predicted octanol–water partition coefficient (Wildman–Crippen LogP) is 1.68. The van der Waals surface area contributed by atoms with E-state index in [4.69, 9.17) is 4.98 Å². The number of piperidine rings is 1. The van der Waals surface area contributed by atoms with Crippen LogP contribution in [0.2, 0.25) is 0 Å². The maximum atomic E-state index is 11.9. The first-order valence-corrected chi connectivity index (χ1v) is 10.7. The zero-order chi connectivity index (χ0) is 19.0. The van der Waals surface area contributed by atoms with Crippen molar-refractivity contribution >= 4 is 27.0 Å². The Labute approximate surface area is 158 Å². The summed E-state index contributed by atoms with van der Waals surface area (Å²) in [7, 11) is -1.27. The van der Waals surface area contributed by atoms with Gasteiger partial charge in [0.15, 0.2) is 0 Å². The van der Waals surface area contributed by atoms with Gasteiger partial charge in [0.25, 0.3) is 0 Å². The molecule has 0 saturated carbocycles. The second-order valence-corrected chi connectivity index (χ2v) is 8.83. The van der Waals surface area contributed by atoms with Crippen molar-refractivity contribution in [3.05, 3.63) is 42.9 Å². The molecule has 0 N–H and O–H groups in total. The van der Waals surface area contributed by atoms with Crippen LogP contribution in [-0.2, 0) is 10.0 Å². The van der Waals surface area contributed by atoms with E-state index in [1.54, 1.807) is 12.5 Å². The first-order valence-electron chi connectivity index (χ1n) is 8.87. The SMILES string of the molecule is CN(c1nccc(-n2cnc3ccccc32)n1)C1CCCN(S(C)(=O)=O)C1. The summed E-state index contributed by atoms with van der Waals surface area (Å²) in [4.78, 5) is 15.5. The van der Waals surface area contributed by atoms with Crippen LogP contribution >= 0.6 is 0 Å². The van der Waals surface area contributed by atoms with Crippen LogP contribution in [0.4, 0.5) is 5.95 Å². The van der Waals surface area contributed by atoms with Crippen LogP contribution in [0.3, 0.4) is 0 Å². The van der Waals surface area contributed by atoms with Gasteiger partial charge in [-0.2, -0.15) is 4.98 Å². The Balaban J connectivity index is 1.62. The molecule has 1 aliphatic heterocycles. The molecule has 1 aliphatic rings. The average molecular weight is 386 g/mol.